The summed E-state index contributed by atoms with van der Waals surface area (Å²) in [5, 5.41) is 9.29. The predicted octanol–water partition coefficient (Wildman–Crippen LogP) is 3.46. The summed E-state index contributed by atoms with van der Waals surface area (Å²) in [7, 11) is 0. The smallest absolute Gasteiger partial charge is 0.130 e. The Hall–Kier alpha value is -2.90. The van der Waals surface area contributed by atoms with Crippen molar-refractivity contribution in [1.82, 2.24) is 9.97 Å². The Morgan fingerprint density at radius 3 is 2.71 bits per heavy atom. The van der Waals surface area contributed by atoms with E-state index in [1.807, 2.05) is 24.3 Å². The van der Waals surface area contributed by atoms with Gasteiger partial charge in [0.15, 0.2) is 0 Å². The molecule has 4 rings (SSSR count). The number of hydrogen-bond donors (Lipinski definition) is 2. The number of fused-ring (bicyclic) bond motifs is 1. The summed E-state index contributed by atoms with van der Waals surface area (Å²) >= 11 is 1.69. The van der Waals surface area contributed by atoms with Crippen LogP contribution in [0.3, 0.4) is 0 Å². The quantitative estimate of drug-likeness (QED) is 0.648. The maximum atomic E-state index is 8.31. The second kappa shape index (κ2) is 8.41. The lowest BCUT2D eigenvalue weighted by Crippen LogP contribution is -2.36. The van der Waals surface area contributed by atoms with E-state index in [-0.39, 0.29) is 5.71 Å². The molecule has 6 nitrogen and oxygen atoms in total. The molecule has 3 N–H and O–H groups in total. The number of aromatic nitrogens is 2. The van der Waals surface area contributed by atoms with E-state index in [1.165, 1.54) is 12.3 Å². The van der Waals surface area contributed by atoms with Gasteiger partial charge in [0.25, 0.3) is 0 Å². The van der Waals surface area contributed by atoms with Gasteiger partial charge in [-0.2, -0.15) is 0 Å². The highest BCUT2D eigenvalue weighted by Gasteiger charge is 2.18. The molecule has 1 saturated heterocycles. The van der Waals surface area contributed by atoms with Gasteiger partial charge in [0, 0.05) is 34.5 Å². The minimum absolute atomic E-state index is 0.246. The van der Waals surface area contributed by atoms with Crippen molar-refractivity contribution < 1.29 is 4.74 Å². The zero-order valence-electron chi connectivity index (χ0n) is 15.3. The van der Waals surface area contributed by atoms with Crippen molar-refractivity contribution in [3.8, 4) is 0 Å². The van der Waals surface area contributed by atoms with Crippen molar-refractivity contribution in [1.29, 1.82) is 5.41 Å². The van der Waals surface area contributed by atoms with E-state index in [0.717, 1.165) is 34.1 Å². The summed E-state index contributed by atoms with van der Waals surface area (Å²) in [6.45, 7) is 2.96. The Morgan fingerprint density at radius 2 is 1.96 bits per heavy atom. The molecule has 0 bridgehead atoms. The number of ether oxygens (including phenoxy) is 1. The third-order valence-electron chi connectivity index (χ3n) is 4.50. The highest BCUT2D eigenvalue weighted by Crippen LogP contribution is 2.36. The number of anilines is 1. The first kappa shape index (κ1) is 18.5. The van der Waals surface area contributed by atoms with Crippen molar-refractivity contribution in [2.45, 2.75) is 9.79 Å². The molecule has 0 spiro atoms. The normalized spacial score (nSPS) is 14.6. The molecular weight excluding hydrogens is 370 g/mol. The van der Waals surface area contributed by atoms with E-state index >= 15 is 0 Å². The van der Waals surface area contributed by atoms with Crippen molar-refractivity contribution >= 4 is 34.2 Å². The second-order valence-corrected chi connectivity index (χ2v) is 7.44. The van der Waals surface area contributed by atoms with Crippen molar-refractivity contribution in [3.05, 3.63) is 66.6 Å². The van der Waals surface area contributed by atoms with Crippen LogP contribution in [0, 0.1) is 5.41 Å². The number of rotatable bonds is 5. The molecule has 3 heterocycles. The van der Waals surface area contributed by atoms with Crippen molar-refractivity contribution in [2.75, 3.05) is 31.2 Å². The number of nitrogens with two attached hydrogens (primary N) is 1. The van der Waals surface area contributed by atoms with Crippen LogP contribution < -0.4 is 10.6 Å². The summed E-state index contributed by atoms with van der Waals surface area (Å²) in [5.41, 5.74) is 6.99. The van der Waals surface area contributed by atoms with Crippen LogP contribution in [-0.2, 0) is 4.74 Å². The molecule has 28 heavy (non-hydrogen) atoms. The third-order valence-corrected chi connectivity index (χ3v) is 5.57. The molecule has 142 valence electrons. The average Bonchev–Trinajstić information content (AvgIpc) is 2.75. The van der Waals surface area contributed by atoms with Gasteiger partial charge >= 0.3 is 0 Å². The molecule has 2 aromatic heterocycles. The Balaban J connectivity index is 1.87. The van der Waals surface area contributed by atoms with Crippen LogP contribution in [0.15, 0.2) is 70.7 Å². The van der Waals surface area contributed by atoms with Gasteiger partial charge in [-0.15, -0.1) is 0 Å². The number of morpholine rings is 1. The molecule has 0 radical (unpaired) electrons. The van der Waals surface area contributed by atoms with E-state index in [2.05, 4.69) is 28.1 Å². The standard InChI is InChI=1S/C21H21N5OS/c22-8-6-17(23)21-20-16(7-9-24-21)18(28-15-4-2-1-3-5-15)14-19(25-20)26-10-12-27-13-11-26/h1-9,14,23H,10-13,22H2. The maximum absolute atomic E-state index is 8.31. The van der Waals surface area contributed by atoms with E-state index < -0.39 is 0 Å². The topological polar surface area (TPSA) is 88.1 Å². The van der Waals surface area contributed by atoms with Crippen molar-refractivity contribution in [2.24, 2.45) is 5.73 Å². The van der Waals surface area contributed by atoms with Crippen LogP contribution in [0.1, 0.15) is 5.69 Å². The molecule has 1 fully saturated rings. The van der Waals surface area contributed by atoms with Gasteiger partial charge < -0.3 is 15.4 Å². The average molecular weight is 392 g/mol. The monoisotopic (exact) mass is 391 g/mol. The fraction of sp³-hybridized carbons (Fsp3) is 0.190. The van der Waals surface area contributed by atoms with Crippen LogP contribution in [0.25, 0.3) is 10.9 Å². The van der Waals surface area contributed by atoms with Gasteiger partial charge in [-0.1, -0.05) is 30.0 Å². The summed E-state index contributed by atoms with van der Waals surface area (Å²) in [6, 6.07) is 14.3. The molecule has 3 aromatic rings. The summed E-state index contributed by atoms with van der Waals surface area (Å²) in [6.07, 6.45) is 4.62. The number of hydrogen-bond acceptors (Lipinski definition) is 7. The summed E-state index contributed by atoms with van der Waals surface area (Å²) in [4.78, 5) is 13.8. The lowest BCUT2D eigenvalue weighted by molar-refractivity contribution is 0.122. The highest BCUT2D eigenvalue weighted by molar-refractivity contribution is 7.99. The summed E-state index contributed by atoms with van der Waals surface area (Å²) < 4.78 is 5.48. The Bertz CT molecular complexity index is 1020. The van der Waals surface area contributed by atoms with Crippen LogP contribution in [0.5, 0.6) is 0 Å². The molecule has 0 amide bonds. The first-order valence-corrected chi connectivity index (χ1v) is 9.90. The summed E-state index contributed by atoms with van der Waals surface area (Å²) in [5.74, 6) is 0.882. The third kappa shape index (κ3) is 3.85. The van der Waals surface area contributed by atoms with Crippen LogP contribution >= 0.6 is 11.8 Å². The molecule has 0 saturated carbocycles. The van der Waals surface area contributed by atoms with E-state index in [1.54, 1.807) is 18.0 Å². The van der Waals surface area contributed by atoms with Crippen LogP contribution in [-0.4, -0.2) is 42.0 Å². The molecule has 1 aliphatic heterocycles. The SMILES string of the molecule is N=C(C=CN)c1nccc2c(Sc3ccccc3)cc(N3CCOCC3)nc12. The fourth-order valence-electron chi connectivity index (χ4n) is 3.13. The van der Waals surface area contributed by atoms with Crippen LogP contribution in [0.4, 0.5) is 5.82 Å². The first-order valence-electron chi connectivity index (χ1n) is 9.09. The second-order valence-electron chi connectivity index (χ2n) is 6.32. The number of benzene rings is 1. The molecular formula is C21H21N5OS. The van der Waals surface area contributed by atoms with E-state index in [9.17, 15) is 0 Å². The molecule has 7 heteroatoms. The Kier molecular flexibility index (Phi) is 5.55. The molecule has 1 aromatic carbocycles. The minimum Gasteiger partial charge on any atom is -0.405 e. The zero-order valence-corrected chi connectivity index (χ0v) is 16.2. The van der Waals surface area contributed by atoms with Gasteiger partial charge in [0.05, 0.1) is 18.9 Å². The van der Waals surface area contributed by atoms with Gasteiger partial charge in [-0.3, -0.25) is 10.4 Å². The van der Waals surface area contributed by atoms with Gasteiger partial charge in [-0.05, 0) is 36.5 Å². The number of nitrogens with one attached hydrogen (secondary N) is 1. The Morgan fingerprint density at radius 1 is 1.18 bits per heavy atom. The number of pyridine rings is 2. The zero-order chi connectivity index (χ0) is 19.3. The Labute approximate surface area is 167 Å². The minimum atomic E-state index is 0.246. The number of nitrogens with zero attached hydrogens (tertiary/aromatic N) is 3. The maximum Gasteiger partial charge on any atom is 0.130 e. The van der Waals surface area contributed by atoms with Crippen molar-refractivity contribution in [3.63, 3.8) is 0 Å². The van der Waals surface area contributed by atoms with Crippen LogP contribution in [0.2, 0.25) is 0 Å². The first-order chi connectivity index (χ1) is 13.8. The predicted molar refractivity (Wildman–Crippen MR) is 113 cm³/mol. The van der Waals surface area contributed by atoms with Gasteiger partial charge in [0.2, 0.25) is 0 Å². The lowest BCUT2D eigenvalue weighted by atomic mass is 10.1. The van der Waals surface area contributed by atoms with Gasteiger partial charge in [-0.25, -0.2) is 4.98 Å². The van der Waals surface area contributed by atoms with E-state index in [4.69, 9.17) is 20.9 Å². The highest BCUT2D eigenvalue weighted by atomic mass is 32.2. The largest absolute Gasteiger partial charge is 0.405 e. The molecule has 0 unspecified atom stereocenters. The van der Waals surface area contributed by atoms with E-state index in [0.29, 0.717) is 24.4 Å². The number of allylic oxidation sites excluding steroid dienone is 1. The molecule has 0 atom stereocenters. The lowest BCUT2D eigenvalue weighted by Gasteiger charge is -2.28. The fourth-order valence-corrected chi connectivity index (χ4v) is 4.12. The molecule has 1 aliphatic rings. The molecule has 0 aliphatic carbocycles. The van der Waals surface area contributed by atoms with Gasteiger partial charge in [0.1, 0.15) is 17.0 Å².